The average molecular weight is 271 g/mol. The van der Waals surface area contributed by atoms with Crippen molar-refractivity contribution >= 4 is 28.2 Å². The zero-order valence-electron chi connectivity index (χ0n) is 10.2. The van der Waals surface area contributed by atoms with E-state index in [1.165, 1.54) is 6.42 Å². The lowest BCUT2D eigenvalue weighted by molar-refractivity contribution is 0.0699. The second-order valence-corrected chi connectivity index (χ2v) is 7.38. The second-order valence-electron chi connectivity index (χ2n) is 4.74. The number of rotatable bonds is 3. The lowest BCUT2D eigenvalue weighted by Crippen LogP contribution is -2.59. The van der Waals surface area contributed by atoms with Gasteiger partial charge in [-0.2, -0.15) is 0 Å². The molecule has 1 aromatic rings. The number of aromatic nitrogens is 2. The number of hydrogen-bond acceptors (Lipinski definition) is 6. The largest absolute Gasteiger partial charge is 0.378 e. The van der Waals surface area contributed by atoms with Crippen LogP contribution < -0.4 is 4.90 Å². The van der Waals surface area contributed by atoms with E-state index in [1.807, 2.05) is 6.92 Å². The van der Waals surface area contributed by atoms with E-state index in [-0.39, 0.29) is 0 Å². The summed E-state index contributed by atoms with van der Waals surface area (Å²) in [7, 11) is 0. The first-order valence-electron chi connectivity index (χ1n) is 6.01. The van der Waals surface area contributed by atoms with Crippen molar-refractivity contribution in [1.29, 1.82) is 0 Å². The fourth-order valence-electron chi connectivity index (χ4n) is 2.56. The Morgan fingerprint density at radius 2 is 2.29 bits per heavy atom. The summed E-state index contributed by atoms with van der Waals surface area (Å²) >= 11 is 3.76. The molecular formula is C11H17N3OS2. The maximum atomic E-state index is 5.71. The van der Waals surface area contributed by atoms with E-state index >= 15 is 0 Å². The van der Waals surface area contributed by atoms with Gasteiger partial charge in [0, 0.05) is 25.4 Å². The van der Waals surface area contributed by atoms with Crippen molar-refractivity contribution in [3.63, 3.8) is 0 Å². The quantitative estimate of drug-likeness (QED) is 0.840. The minimum atomic E-state index is 0.430. The van der Waals surface area contributed by atoms with Crippen LogP contribution in [0.15, 0.2) is 0 Å². The molecule has 0 saturated carbocycles. The highest BCUT2D eigenvalue weighted by Crippen LogP contribution is 2.47. The van der Waals surface area contributed by atoms with Crippen molar-refractivity contribution < 1.29 is 4.74 Å². The molecule has 1 aromatic heterocycles. The highest BCUT2D eigenvalue weighted by Gasteiger charge is 2.50. The number of ether oxygens (including phenoxy) is 1. The van der Waals surface area contributed by atoms with Crippen molar-refractivity contribution in [2.75, 3.05) is 30.3 Å². The van der Waals surface area contributed by atoms with Gasteiger partial charge in [-0.3, -0.25) is 0 Å². The number of thioether (sulfide) groups is 1. The molecule has 0 radical (unpaired) electrons. The summed E-state index contributed by atoms with van der Waals surface area (Å²) in [5.74, 6) is 1.15. The zero-order valence-corrected chi connectivity index (χ0v) is 11.8. The molecule has 6 heteroatoms. The monoisotopic (exact) mass is 271 g/mol. The van der Waals surface area contributed by atoms with Crippen molar-refractivity contribution in [3.8, 4) is 0 Å². The van der Waals surface area contributed by atoms with E-state index in [0.29, 0.717) is 10.9 Å². The molecule has 1 atom stereocenters. The molecular weight excluding hydrogens is 254 g/mol. The Labute approximate surface area is 110 Å². The SMILES string of the molecule is CCOC1CSC2(C1)CN(c1nnc(C)s1)C2. The maximum Gasteiger partial charge on any atom is 0.208 e. The van der Waals surface area contributed by atoms with Gasteiger partial charge in [-0.25, -0.2) is 0 Å². The molecule has 94 valence electrons. The molecule has 3 heterocycles. The molecule has 0 amide bonds. The average Bonchev–Trinajstić information content (AvgIpc) is 2.83. The van der Waals surface area contributed by atoms with E-state index in [9.17, 15) is 0 Å². The lowest BCUT2D eigenvalue weighted by atomic mass is 9.93. The summed E-state index contributed by atoms with van der Waals surface area (Å²) in [5, 5.41) is 10.4. The molecule has 2 aliphatic heterocycles. The van der Waals surface area contributed by atoms with Gasteiger partial charge in [-0.15, -0.1) is 22.0 Å². The van der Waals surface area contributed by atoms with Crippen molar-refractivity contribution in [3.05, 3.63) is 5.01 Å². The first-order valence-corrected chi connectivity index (χ1v) is 7.82. The summed E-state index contributed by atoms with van der Waals surface area (Å²) < 4.78 is 6.14. The lowest BCUT2D eigenvalue weighted by Gasteiger charge is -2.47. The van der Waals surface area contributed by atoms with Crippen molar-refractivity contribution in [2.24, 2.45) is 0 Å². The molecule has 0 N–H and O–H groups in total. The van der Waals surface area contributed by atoms with E-state index in [1.54, 1.807) is 11.3 Å². The van der Waals surface area contributed by atoms with Gasteiger partial charge in [-0.05, 0) is 20.3 Å². The van der Waals surface area contributed by atoms with Crippen molar-refractivity contribution in [1.82, 2.24) is 10.2 Å². The predicted octanol–water partition coefficient (Wildman–Crippen LogP) is 1.95. The van der Waals surface area contributed by atoms with Gasteiger partial charge in [0.05, 0.1) is 10.9 Å². The summed E-state index contributed by atoms with van der Waals surface area (Å²) in [5.41, 5.74) is 0. The fraction of sp³-hybridized carbons (Fsp3) is 0.818. The number of aryl methyl sites for hydroxylation is 1. The van der Waals surface area contributed by atoms with Crippen LogP contribution in [0.1, 0.15) is 18.4 Å². The van der Waals surface area contributed by atoms with E-state index in [2.05, 4.69) is 33.8 Å². The minimum Gasteiger partial charge on any atom is -0.378 e. The standard InChI is InChI=1S/C11H17N3OS2/c1-3-15-9-4-11(16-5-9)6-14(7-11)10-13-12-8(2)17-10/h9H,3-7H2,1-2H3. The third-order valence-corrected chi connectivity index (χ3v) is 5.80. The Morgan fingerprint density at radius 3 is 2.94 bits per heavy atom. The molecule has 2 aliphatic rings. The summed E-state index contributed by atoms with van der Waals surface area (Å²) in [6, 6.07) is 0. The number of anilines is 1. The Hall–Kier alpha value is -0.330. The number of hydrogen-bond donors (Lipinski definition) is 0. The molecule has 4 nitrogen and oxygen atoms in total. The van der Waals surface area contributed by atoms with Gasteiger partial charge >= 0.3 is 0 Å². The van der Waals surface area contributed by atoms with Gasteiger partial charge in [0.15, 0.2) is 0 Å². The first-order chi connectivity index (χ1) is 8.21. The predicted molar refractivity (Wildman–Crippen MR) is 72.1 cm³/mol. The van der Waals surface area contributed by atoms with Crippen LogP contribution in [0.25, 0.3) is 0 Å². The van der Waals surface area contributed by atoms with Crippen LogP contribution in [0.3, 0.4) is 0 Å². The van der Waals surface area contributed by atoms with Crippen LogP contribution in [-0.4, -0.2) is 46.5 Å². The van der Waals surface area contributed by atoms with Crippen LogP contribution in [-0.2, 0) is 4.74 Å². The van der Waals surface area contributed by atoms with E-state index < -0.39 is 0 Å². The Balaban J connectivity index is 1.58. The van der Waals surface area contributed by atoms with Gasteiger partial charge < -0.3 is 9.64 Å². The molecule has 2 fully saturated rings. The topological polar surface area (TPSA) is 38.2 Å². The molecule has 1 spiro atoms. The maximum absolute atomic E-state index is 5.71. The smallest absolute Gasteiger partial charge is 0.208 e. The molecule has 2 saturated heterocycles. The number of nitrogens with zero attached hydrogens (tertiary/aromatic N) is 3. The third kappa shape index (κ3) is 2.18. The molecule has 0 bridgehead atoms. The fourth-order valence-corrected chi connectivity index (χ4v) is 4.80. The van der Waals surface area contributed by atoms with Crippen LogP contribution in [0.2, 0.25) is 0 Å². The second kappa shape index (κ2) is 4.40. The summed E-state index contributed by atoms with van der Waals surface area (Å²) in [4.78, 5) is 2.34. The summed E-state index contributed by atoms with van der Waals surface area (Å²) in [6.07, 6.45) is 1.66. The van der Waals surface area contributed by atoms with Gasteiger partial charge in [0.1, 0.15) is 5.01 Å². The molecule has 3 rings (SSSR count). The van der Waals surface area contributed by atoms with E-state index in [0.717, 1.165) is 35.6 Å². The normalized spacial score (nSPS) is 26.5. The van der Waals surface area contributed by atoms with Crippen molar-refractivity contribution in [2.45, 2.75) is 31.1 Å². The zero-order chi connectivity index (χ0) is 11.9. The van der Waals surface area contributed by atoms with Crippen LogP contribution >= 0.6 is 23.1 Å². The highest BCUT2D eigenvalue weighted by atomic mass is 32.2. The van der Waals surface area contributed by atoms with E-state index in [4.69, 9.17) is 4.74 Å². The van der Waals surface area contributed by atoms with Gasteiger partial charge in [0.25, 0.3) is 0 Å². The van der Waals surface area contributed by atoms with Gasteiger partial charge in [0.2, 0.25) is 5.13 Å². The summed E-state index contributed by atoms with van der Waals surface area (Å²) in [6.45, 7) is 7.13. The molecule has 1 unspecified atom stereocenters. The van der Waals surface area contributed by atoms with Gasteiger partial charge in [-0.1, -0.05) is 11.3 Å². The Morgan fingerprint density at radius 1 is 1.47 bits per heavy atom. The third-order valence-electron chi connectivity index (χ3n) is 3.32. The Kier molecular flexibility index (Phi) is 3.04. The molecule has 17 heavy (non-hydrogen) atoms. The minimum absolute atomic E-state index is 0.430. The van der Waals surface area contributed by atoms with Crippen LogP contribution in [0.5, 0.6) is 0 Å². The first kappa shape index (κ1) is 11.7. The molecule has 0 aromatic carbocycles. The highest BCUT2D eigenvalue weighted by molar-refractivity contribution is 8.01. The molecule has 0 aliphatic carbocycles. The van der Waals surface area contributed by atoms with Crippen LogP contribution in [0, 0.1) is 6.92 Å². The Bertz CT molecular complexity index is 403. The van der Waals surface area contributed by atoms with Crippen LogP contribution in [0.4, 0.5) is 5.13 Å².